The van der Waals surface area contributed by atoms with Gasteiger partial charge in [-0.05, 0) is 11.6 Å². The van der Waals surface area contributed by atoms with Gasteiger partial charge in [0.05, 0.1) is 31.1 Å². The van der Waals surface area contributed by atoms with E-state index in [-0.39, 0.29) is 12.6 Å². The third-order valence-electron chi connectivity index (χ3n) is 3.12. The second kappa shape index (κ2) is 6.59. The molecule has 0 radical (unpaired) electrons. The summed E-state index contributed by atoms with van der Waals surface area (Å²) in [4.78, 5) is 4.01. The van der Waals surface area contributed by atoms with Crippen molar-refractivity contribution in [3.63, 3.8) is 0 Å². The molecule has 1 aromatic heterocycles. The zero-order chi connectivity index (χ0) is 14.6. The maximum atomic E-state index is 11.0. The van der Waals surface area contributed by atoms with Gasteiger partial charge < -0.3 is 15.2 Å². The van der Waals surface area contributed by atoms with Crippen molar-refractivity contribution in [2.24, 2.45) is 0 Å². The zero-order valence-electron chi connectivity index (χ0n) is 11.2. The van der Waals surface area contributed by atoms with Crippen molar-refractivity contribution in [2.45, 2.75) is 24.8 Å². The number of pyridine rings is 1. The Labute approximate surface area is 118 Å². The Morgan fingerprint density at radius 2 is 2.35 bits per heavy atom. The standard InChI is InChI=1S/C12H19N3O4S/c1-20(17,18)15-7-11-12(16)10(8-19-11)14-6-9-3-2-4-13-5-9/h2-5,10-12,14-16H,6-8H2,1H3/t10-,11-,12+/m1/s1. The van der Waals surface area contributed by atoms with Crippen LogP contribution in [0, 0.1) is 0 Å². The summed E-state index contributed by atoms with van der Waals surface area (Å²) in [7, 11) is -3.28. The Morgan fingerprint density at radius 3 is 3.00 bits per heavy atom. The van der Waals surface area contributed by atoms with Crippen LogP contribution in [0.3, 0.4) is 0 Å². The van der Waals surface area contributed by atoms with E-state index in [1.807, 2.05) is 12.1 Å². The first-order chi connectivity index (χ1) is 9.46. The van der Waals surface area contributed by atoms with E-state index in [0.29, 0.717) is 13.2 Å². The largest absolute Gasteiger partial charge is 0.389 e. The molecule has 2 rings (SSSR count). The van der Waals surface area contributed by atoms with E-state index in [1.54, 1.807) is 12.4 Å². The summed E-state index contributed by atoms with van der Waals surface area (Å²) in [5.74, 6) is 0. The van der Waals surface area contributed by atoms with E-state index >= 15 is 0 Å². The van der Waals surface area contributed by atoms with Gasteiger partial charge in [-0.2, -0.15) is 0 Å². The van der Waals surface area contributed by atoms with Gasteiger partial charge in [-0.25, -0.2) is 13.1 Å². The average Bonchev–Trinajstić information content (AvgIpc) is 2.75. The second-order valence-electron chi connectivity index (χ2n) is 4.83. The Kier molecular flexibility index (Phi) is 5.06. The highest BCUT2D eigenvalue weighted by molar-refractivity contribution is 7.88. The summed E-state index contributed by atoms with van der Waals surface area (Å²) < 4.78 is 29.8. The highest BCUT2D eigenvalue weighted by Gasteiger charge is 2.35. The van der Waals surface area contributed by atoms with Crippen LogP contribution in [0.1, 0.15) is 5.56 Å². The molecule has 0 spiro atoms. The predicted molar refractivity (Wildman–Crippen MR) is 73.5 cm³/mol. The lowest BCUT2D eigenvalue weighted by atomic mass is 10.1. The molecule has 20 heavy (non-hydrogen) atoms. The molecule has 0 amide bonds. The van der Waals surface area contributed by atoms with Gasteiger partial charge in [-0.1, -0.05) is 6.07 Å². The molecule has 1 saturated heterocycles. The summed E-state index contributed by atoms with van der Waals surface area (Å²) in [6, 6.07) is 3.56. The van der Waals surface area contributed by atoms with Gasteiger partial charge in [-0.15, -0.1) is 0 Å². The molecular formula is C12H19N3O4S. The van der Waals surface area contributed by atoms with Crippen molar-refractivity contribution >= 4 is 10.0 Å². The molecule has 8 heteroatoms. The third-order valence-corrected chi connectivity index (χ3v) is 3.81. The lowest BCUT2D eigenvalue weighted by molar-refractivity contribution is 0.0444. The van der Waals surface area contributed by atoms with Crippen molar-refractivity contribution in [1.29, 1.82) is 0 Å². The average molecular weight is 301 g/mol. The fourth-order valence-corrected chi connectivity index (χ4v) is 2.50. The Balaban J connectivity index is 1.80. The van der Waals surface area contributed by atoms with Crippen molar-refractivity contribution in [3.8, 4) is 0 Å². The Bertz CT molecular complexity index is 523. The van der Waals surface area contributed by atoms with E-state index < -0.39 is 22.2 Å². The van der Waals surface area contributed by atoms with Crippen LogP contribution in [0.4, 0.5) is 0 Å². The SMILES string of the molecule is CS(=O)(=O)NC[C@H]1OC[C@@H](NCc2cccnc2)[C@@H]1O. The summed E-state index contributed by atoms with van der Waals surface area (Å²) in [6.07, 6.45) is 3.24. The van der Waals surface area contributed by atoms with Crippen LogP contribution in [-0.4, -0.2) is 56.2 Å². The summed E-state index contributed by atoms with van der Waals surface area (Å²) in [6.45, 7) is 0.994. The van der Waals surface area contributed by atoms with Crippen LogP contribution >= 0.6 is 0 Å². The Hall–Kier alpha value is -1.06. The first-order valence-corrected chi connectivity index (χ1v) is 8.21. The van der Waals surface area contributed by atoms with Crippen LogP contribution in [0.15, 0.2) is 24.5 Å². The topological polar surface area (TPSA) is 101 Å². The molecule has 0 unspecified atom stereocenters. The third kappa shape index (κ3) is 4.50. The van der Waals surface area contributed by atoms with Gasteiger partial charge in [0.1, 0.15) is 0 Å². The van der Waals surface area contributed by atoms with Crippen molar-refractivity contribution in [3.05, 3.63) is 30.1 Å². The number of aromatic nitrogens is 1. The lowest BCUT2D eigenvalue weighted by Gasteiger charge is -2.18. The van der Waals surface area contributed by atoms with Crippen molar-refractivity contribution in [2.75, 3.05) is 19.4 Å². The maximum absolute atomic E-state index is 11.0. The van der Waals surface area contributed by atoms with Gasteiger partial charge in [0, 0.05) is 25.5 Å². The molecule has 0 aromatic carbocycles. The van der Waals surface area contributed by atoms with E-state index in [0.717, 1.165) is 11.8 Å². The number of hydrogen-bond donors (Lipinski definition) is 3. The molecule has 1 aromatic rings. The molecule has 3 atom stereocenters. The monoisotopic (exact) mass is 301 g/mol. The van der Waals surface area contributed by atoms with Gasteiger partial charge in [0.15, 0.2) is 0 Å². The number of ether oxygens (including phenoxy) is 1. The number of aliphatic hydroxyl groups is 1. The molecule has 1 fully saturated rings. The van der Waals surface area contributed by atoms with Crippen LogP contribution < -0.4 is 10.0 Å². The number of hydrogen-bond acceptors (Lipinski definition) is 6. The Morgan fingerprint density at radius 1 is 1.55 bits per heavy atom. The predicted octanol–water partition coefficient (Wildman–Crippen LogP) is -1.15. The number of nitrogens with one attached hydrogen (secondary N) is 2. The first kappa shape index (κ1) is 15.3. The molecule has 0 saturated carbocycles. The van der Waals surface area contributed by atoms with Crippen LogP contribution in [0.25, 0.3) is 0 Å². The van der Waals surface area contributed by atoms with E-state index in [9.17, 15) is 13.5 Å². The van der Waals surface area contributed by atoms with Gasteiger partial charge >= 0.3 is 0 Å². The highest BCUT2D eigenvalue weighted by atomic mass is 32.2. The van der Waals surface area contributed by atoms with E-state index in [2.05, 4.69) is 15.0 Å². The molecule has 0 bridgehead atoms. The number of rotatable bonds is 6. The number of sulfonamides is 1. The number of aliphatic hydroxyl groups excluding tert-OH is 1. The normalized spacial score (nSPS) is 26.8. The molecule has 1 aliphatic heterocycles. The van der Waals surface area contributed by atoms with Crippen molar-refractivity contribution < 1.29 is 18.3 Å². The molecule has 0 aliphatic carbocycles. The zero-order valence-corrected chi connectivity index (χ0v) is 12.0. The minimum Gasteiger partial charge on any atom is -0.389 e. The molecular weight excluding hydrogens is 282 g/mol. The fourth-order valence-electron chi connectivity index (χ4n) is 2.03. The van der Waals surface area contributed by atoms with Crippen LogP contribution in [0.5, 0.6) is 0 Å². The summed E-state index contributed by atoms with van der Waals surface area (Å²) in [5.41, 5.74) is 1.01. The smallest absolute Gasteiger partial charge is 0.208 e. The quantitative estimate of drug-likeness (QED) is 0.613. The fraction of sp³-hybridized carbons (Fsp3) is 0.583. The molecule has 112 valence electrons. The maximum Gasteiger partial charge on any atom is 0.208 e. The van der Waals surface area contributed by atoms with Gasteiger partial charge in [0.2, 0.25) is 10.0 Å². The van der Waals surface area contributed by atoms with E-state index in [4.69, 9.17) is 4.74 Å². The molecule has 2 heterocycles. The second-order valence-corrected chi connectivity index (χ2v) is 6.66. The summed E-state index contributed by atoms with van der Waals surface area (Å²) >= 11 is 0. The van der Waals surface area contributed by atoms with Gasteiger partial charge in [-0.3, -0.25) is 4.98 Å². The minimum absolute atomic E-state index is 0.0745. The minimum atomic E-state index is -3.28. The molecule has 1 aliphatic rings. The first-order valence-electron chi connectivity index (χ1n) is 6.32. The molecule has 3 N–H and O–H groups in total. The summed E-state index contributed by atoms with van der Waals surface area (Å²) in [5, 5.41) is 13.3. The van der Waals surface area contributed by atoms with Crippen LogP contribution in [-0.2, 0) is 21.3 Å². The highest BCUT2D eigenvalue weighted by Crippen LogP contribution is 2.14. The van der Waals surface area contributed by atoms with Crippen molar-refractivity contribution in [1.82, 2.24) is 15.0 Å². The lowest BCUT2D eigenvalue weighted by Crippen LogP contribution is -2.44. The van der Waals surface area contributed by atoms with Crippen LogP contribution in [0.2, 0.25) is 0 Å². The number of nitrogens with zero attached hydrogens (tertiary/aromatic N) is 1. The molecule has 7 nitrogen and oxygen atoms in total. The van der Waals surface area contributed by atoms with Gasteiger partial charge in [0.25, 0.3) is 0 Å². The van der Waals surface area contributed by atoms with E-state index in [1.165, 1.54) is 0 Å².